The molecule has 0 aromatic carbocycles. The Kier molecular flexibility index (Phi) is 15.5. The third kappa shape index (κ3) is 14.3. The first-order chi connectivity index (χ1) is 16.0. The Labute approximate surface area is 215 Å². The van der Waals surface area contributed by atoms with Gasteiger partial charge in [-0.15, -0.1) is 0 Å². The van der Waals surface area contributed by atoms with Crippen molar-refractivity contribution in [3.63, 3.8) is 0 Å². The Hall–Kier alpha value is -1.02. The SMILES string of the molecule is CC(C)(C)C(C)(C)NCCCOCCOCCOCCCNC(=O)CCC(=O)C(C)(C)C(C)(C)C. The highest BCUT2D eigenvalue weighted by atomic mass is 16.5. The van der Waals surface area contributed by atoms with E-state index in [2.05, 4.69) is 66.0 Å². The molecule has 0 rings (SSSR count). The van der Waals surface area contributed by atoms with Crippen molar-refractivity contribution in [1.29, 1.82) is 0 Å². The van der Waals surface area contributed by atoms with Crippen LogP contribution in [-0.4, -0.2) is 70.0 Å². The second kappa shape index (κ2) is 16.0. The minimum Gasteiger partial charge on any atom is -0.379 e. The van der Waals surface area contributed by atoms with Crippen LogP contribution in [0.1, 0.15) is 94.9 Å². The molecule has 0 fully saturated rings. The summed E-state index contributed by atoms with van der Waals surface area (Å²) in [4.78, 5) is 24.4. The molecule has 208 valence electrons. The van der Waals surface area contributed by atoms with Gasteiger partial charge in [-0.3, -0.25) is 9.59 Å². The van der Waals surface area contributed by atoms with Crippen molar-refractivity contribution < 1.29 is 23.8 Å². The highest BCUT2D eigenvalue weighted by molar-refractivity contribution is 5.88. The predicted molar refractivity (Wildman–Crippen MR) is 144 cm³/mol. The monoisotopic (exact) mass is 500 g/mol. The van der Waals surface area contributed by atoms with Crippen LogP contribution in [0.25, 0.3) is 0 Å². The summed E-state index contributed by atoms with van der Waals surface area (Å²) in [7, 11) is 0. The lowest BCUT2D eigenvalue weighted by atomic mass is 9.66. The van der Waals surface area contributed by atoms with Crippen LogP contribution in [0.4, 0.5) is 0 Å². The Morgan fingerprint density at radius 3 is 1.51 bits per heavy atom. The smallest absolute Gasteiger partial charge is 0.220 e. The van der Waals surface area contributed by atoms with E-state index in [1.807, 2.05) is 13.8 Å². The van der Waals surface area contributed by atoms with E-state index in [1.165, 1.54) is 0 Å². The number of Topliss-reactive ketones (excluding diaryl/α,β-unsaturated/α-hetero) is 1. The van der Waals surface area contributed by atoms with Crippen LogP contribution in [0.5, 0.6) is 0 Å². The van der Waals surface area contributed by atoms with Gasteiger partial charge in [-0.25, -0.2) is 0 Å². The van der Waals surface area contributed by atoms with E-state index in [9.17, 15) is 9.59 Å². The minimum absolute atomic E-state index is 0.0833. The van der Waals surface area contributed by atoms with Gasteiger partial charge >= 0.3 is 0 Å². The molecule has 2 N–H and O–H groups in total. The molecule has 0 saturated carbocycles. The van der Waals surface area contributed by atoms with E-state index in [4.69, 9.17) is 14.2 Å². The lowest BCUT2D eigenvalue weighted by Crippen LogP contribution is -2.50. The highest BCUT2D eigenvalue weighted by Gasteiger charge is 2.39. The van der Waals surface area contributed by atoms with Crippen molar-refractivity contribution in [2.75, 3.05) is 52.7 Å². The molecule has 0 spiro atoms. The maximum atomic E-state index is 12.5. The van der Waals surface area contributed by atoms with Gasteiger partial charge in [-0.1, -0.05) is 55.4 Å². The summed E-state index contributed by atoms with van der Waals surface area (Å²) in [6, 6.07) is 0. The number of ether oxygens (including phenoxy) is 3. The Balaban J connectivity index is 3.55. The first kappa shape index (κ1) is 34.0. The Morgan fingerprint density at radius 2 is 1.06 bits per heavy atom. The zero-order chi connectivity index (χ0) is 27.2. The average molecular weight is 501 g/mol. The second-order valence-electron chi connectivity index (χ2n) is 12.5. The van der Waals surface area contributed by atoms with Crippen LogP contribution >= 0.6 is 0 Å². The number of amides is 1. The first-order valence-electron chi connectivity index (χ1n) is 13.3. The number of carbonyl (C=O) groups excluding carboxylic acids is 2. The molecule has 0 heterocycles. The van der Waals surface area contributed by atoms with Gasteiger partial charge in [-0.05, 0) is 44.1 Å². The number of carbonyl (C=O) groups is 2. The van der Waals surface area contributed by atoms with Crippen LogP contribution in [0.15, 0.2) is 0 Å². The van der Waals surface area contributed by atoms with Gasteiger partial charge in [0.2, 0.25) is 5.91 Å². The van der Waals surface area contributed by atoms with Crippen molar-refractivity contribution in [3.05, 3.63) is 0 Å². The van der Waals surface area contributed by atoms with Crippen LogP contribution in [0, 0.1) is 16.2 Å². The summed E-state index contributed by atoms with van der Waals surface area (Å²) >= 11 is 0. The molecule has 0 aliphatic heterocycles. The van der Waals surface area contributed by atoms with E-state index in [-0.39, 0.29) is 40.9 Å². The summed E-state index contributed by atoms with van der Waals surface area (Å²) in [6.07, 6.45) is 2.22. The maximum absolute atomic E-state index is 12.5. The Bertz CT molecular complexity index is 603. The van der Waals surface area contributed by atoms with E-state index in [0.29, 0.717) is 39.6 Å². The van der Waals surface area contributed by atoms with Crippen molar-refractivity contribution in [1.82, 2.24) is 10.6 Å². The Morgan fingerprint density at radius 1 is 0.600 bits per heavy atom. The van der Waals surface area contributed by atoms with Crippen molar-refractivity contribution in [2.24, 2.45) is 16.2 Å². The molecule has 1 amide bonds. The normalized spacial score (nSPS) is 13.2. The molecule has 0 unspecified atom stereocenters. The third-order valence-electron chi connectivity index (χ3n) is 7.59. The number of hydrogen-bond donors (Lipinski definition) is 2. The summed E-state index contributed by atoms with van der Waals surface area (Å²) in [6.45, 7) is 26.3. The van der Waals surface area contributed by atoms with Crippen LogP contribution < -0.4 is 10.6 Å². The summed E-state index contributed by atoms with van der Waals surface area (Å²) < 4.78 is 16.7. The van der Waals surface area contributed by atoms with Gasteiger partial charge in [0.15, 0.2) is 0 Å². The number of ketones is 1. The van der Waals surface area contributed by atoms with Gasteiger partial charge in [0, 0.05) is 43.6 Å². The number of hydrogen-bond acceptors (Lipinski definition) is 6. The fourth-order valence-electron chi connectivity index (χ4n) is 2.83. The fraction of sp³-hybridized carbons (Fsp3) is 0.929. The zero-order valence-corrected chi connectivity index (χ0v) is 24.5. The van der Waals surface area contributed by atoms with Crippen molar-refractivity contribution in [3.8, 4) is 0 Å². The van der Waals surface area contributed by atoms with Crippen LogP contribution in [0.3, 0.4) is 0 Å². The molecule has 0 bridgehead atoms. The largest absolute Gasteiger partial charge is 0.379 e. The second-order valence-corrected chi connectivity index (χ2v) is 12.5. The first-order valence-corrected chi connectivity index (χ1v) is 13.3. The molecule has 0 aromatic heterocycles. The van der Waals surface area contributed by atoms with E-state index in [0.717, 1.165) is 26.0 Å². The topological polar surface area (TPSA) is 85.9 Å². The molecular weight excluding hydrogens is 444 g/mol. The molecule has 0 atom stereocenters. The molecular formula is C28H56N2O5. The number of nitrogens with one attached hydrogen (secondary N) is 2. The molecule has 0 saturated heterocycles. The molecule has 0 radical (unpaired) electrons. The molecule has 0 aromatic rings. The molecule has 35 heavy (non-hydrogen) atoms. The lowest BCUT2D eigenvalue weighted by Gasteiger charge is -2.40. The van der Waals surface area contributed by atoms with Crippen LogP contribution in [0.2, 0.25) is 0 Å². The summed E-state index contributed by atoms with van der Waals surface area (Å²) in [5.41, 5.74) is -0.278. The summed E-state index contributed by atoms with van der Waals surface area (Å²) in [5.74, 6) is 0.0473. The molecule has 0 aliphatic rings. The molecule has 7 nitrogen and oxygen atoms in total. The van der Waals surface area contributed by atoms with Gasteiger partial charge < -0.3 is 24.8 Å². The van der Waals surface area contributed by atoms with Gasteiger partial charge in [-0.2, -0.15) is 0 Å². The van der Waals surface area contributed by atoms with E-state index >= 15 is 0 Å². The average Bonchev–Trinajstić information content (AvgIpc) is 2.72. The van der Waals surface area contributed by atoms with Crippen molar-refractivity contribution in [2.45, 2.75) is 100 Å². The van der Waals surface area contributed by atoms with E-state index < -0.39 is 5.41 Å². The van der Waals surface area contributed by atoms with Crippen LogP contribution in [-0.2, 0) is 23.8 Å². The van der Waals surface area contributed by atoms with Gasteiger partial charge in [0.25, 0.3) is 0 Å². The van der Waals surface area contributed by atoms with Crippen molar-refractivity contribution >= 4 is 11.7 Å². The maximum Gasteiger partial charge on any atom is 0.220 e. The quantitative estimate of drug-likeness (QED) is 0.249. The molecule has 7 heteroatoms. The standard InChI is InChI=1S/C28H56N2O5/c1-25(2,3)27(7,8)23(31)13-14-24(32)29-15-11-17-33-19-21-35-22-20-34-18-12-16-30-28(9,10)26(4,5)6/h30H,11-22H2,1-10H3,(H,29,32). The van der Waals surface area contributed by atoms with Gasteiger partial charge in [0.05, 0.1) is 26.4 Å². The summed E-state index contributed by atoms with van der Waals surface area (Å²) in [5, 5.41) is 6.46. The fourth-order valence-corrected chi connectivity index (χ4v) is 2.83. The predicted octanol–water partition coefficient (Wildman–Crippen LogP) is 4.77. The van der Waals surface area contributed by atoms with Gasteiger partial charge in [0.1, 0.15) is 5.78 Å². The minimum atomic E-state index is -0.448. The zero-order valence-electron chi connectivity index (χ0n) is 24.5. The number of rotatable bonds is 19. The molecule has 0 aliphatic carbocycles. The van der Waals surface area contributed by atoms with E-state index in [1.54, 1.807) is 0 Å². The third-order valence-corrected chi connectivity index (χ3v) is 7.59. The lowest BCUT2D eigenvalue weighted by molar-refractivity contribution is -0.134. The highest BCUT2D eigenvalue weighted by Crippen LogP contribution is 2.39.